The molecule has 2 rings (SSSR count). The topological polar surface area (TPSA) is 102 Å². The van der Waals surface area contributed by atoms with Crippen molar-refractivity contribution >= 4 is 17.4 Å². The number of nitrogens with one attached hydrogen (secondary N) is 1. The van der Waals surface area contributed by atoms with Crippen LogP contribution in [0, 0.1) is 10.1 Å². The summed E-state index contributed by atoms with van der Waals surface area (Å²) in [6.45, 7) is 1.15. The van der Waals surface area contributed by atoms with Crippen LogP contribution in [-0.4, -0.2) is 35.0 Å². The van der Waals surface area contributed by atoms with Crippen LogP contribution in [0.4, 0.5) is 16.2 Å². The van der Waals surface area contributed by atoms with Gasteiger partial charge in [-0.2, -0.15) is 0 Å². The quantitative estimate of drug-likeness (QED) is 0.638. The van der Waals surface area contributed by atoms with Crippen molar-refractivity contribution in [3.05, 3.63) is 34.4 Å². The van der Waals surface area contributed by atoms with E-state index in [0.717, 1.165) is 12.8 Å². The molecule has 0 spiro atoms. The van der Waals surface area contributed by atoms with Crippen molar-refractivity contribution in [1.82, 2.24) is 4.90 Å². The molecule has 19 heavy (non-hydrogen) atoms. The number of rotatable bonds is 3. The highest BCUT2D eigenvalue weighted by atomic mass is 16.6. The molecule has 0 aromatic heterocycles. The lowest BCUT2D eigenvalue weighted by molar-refractivity contribution is -0.384. The summed E-state index contributed by atoms with van der Waals surface area (Å²) in [6, 6.07) is 5.63. The molecule has 1 saturated heterocycles. The summed E-state index contributed by atoms with van der Waals surface area (Å²) in [5.74, 6) is 0. The summed E-state index contributed by atoms with van der Waals surface area (Å²) in [5, 5.41) is 13.2. The first-order valence-electron chi connectivity index (χ1n) is 6.14. The van der Waals surface area contributed by atoms with E-state index >= 15 is 0 Å². The monoisotopic (exact) mass is 264 g/mol. The molecule has 3 N–H and O–H groups in total. The number of anilines is 1. The number of nitrogens with two attached hydrogens (primary N) is 1. The Morgan fingerprint density at radius 3 is 2.74 bits per heavy atom. The van der Waals surface area contributed by atoms with Crippen molar-refractivity contribution in [1.29, 1.82) is 0 Å². The molecule has 0 saturated carbocycles. The fraction of sp³-hybridized carbons (Fsp3) is 0.417. The highest BCUT2D eigenvalue weighted by molar-refractivity contribution is 5.89. The predicted octanol–water partition coefficient (Wildman–Crippen LogP) is 1.55. The number of carbonyl (C=O) groups excluding carboxylic acids is 1. The van der Waals surface area contributed by atoms with Gasteiger partial charge in [0.2, 0.25) is 0 Å². The smallest absolute Gasteiger partial charge is 0.322 e. The maximum Gasteiger partial charge on any atom is 0.322 e. The van der Waals surface area contributed by atoms with E-state index < -0.39 is 4.92 Å². The second kappa shape index (κ2) is 5.66. The average Bonchev–Trinajstić information content (AvgIpc) is 2.87. The lowest BCUT2D eigenvalue weighted by atomic mass is 10.2. The summed E-state index contributed by atoms with van der Waals surface area (Å²) in [4.78, 5) is 23.8. The Hall–Kier alpha value is -2.15. The molecule has 1 fully saturated rings. The molecule has 2 amide bonds. The average molecular weight is 264 g/mol. The van der Waals surface area contributed by atoms with Crippen LogP contribution in [0.15, 0.2) is 24.3 Å². The van der Waals surface area contributed by atoms with Crippen LogP contribution in [-0.2, 0) is 0 Å². The number of urea groups is 1. The SMILES string of the molecule is NCC1CCCN1C(=O)Nc1ccc([N+](=O)[O-])cc1. The molecule has 102 valence electrons. The molecule has 1 atom stereocenters. The minimum Gasteiger partial charge on any atom is -0.328 e. The fourth-order valence-electron chi connectivity index (χ4n) is 2.21. The lowest BCUT2D eigenvalue weighted by Crippen LogP contribution is -2.42. The van der Waals surface area contributed by atoms with Gasteiger partial charge in [-0.05, 0) is 25.0 Å². The van der Waals surface area contributed by atoms with Crippen LogP contribution >= 0.6 is 0 Å². The Balaban J connectivity index is 2.00. The summed E-state index contributed by atoms with van der Waals surface area (Å²) < 4.78 is 0. The maximum absolute atomic E-state index is 12.0. The summed E-state index contributed by atoms with van der Waals surface area (Å²) in [7, 11) is 0. The minimum atomic E-state index is -0.476. The van der Waals surface area contributed by atoms with Gasteiger partial charge >= 0.3 is 6.03 Å². The van der Waals surface area contributed by atoms with Crippen molar-refractivity contribution in [2.24, 2.45) is 5.73 Å². The first-order valence-corrected chi connectivity index (χ1v) is 6.14. The number of nitro groups is 1. The molecule has 1 unspecified atom stereocenters. The number of nitrogens with zero attached hydrogens (tertiary/aromatic N) is 2. The molecule has 0 radical (unpaired) electrons. The zero-order chi connectivity index (χ0) is 13.8. The number of carbonyl (C=O) groups is 1. The van der Waals surface area contributed by atoms with Crippen molar-refractivity contribution in [2.75, 3.05) is 18.4 Å². The van der Waals surface area contributed by atoms with E-state index in [2.05, 4.69) is 5.32 Å². The Bertz CT molecular complexity index is 474. The summed E-state index contributed by atoms with van der Waals surface area (Å²) in [6.07, 6.45) is 1.87. The Labute approximate surface area is 110 Å². The molecule has 0 bridgehead atoms. The van der Waals surface area contributed by atoms with E-state index in [1.54, 1.807) is 4.90 Å². The number of hydrogen-bond donors (Lipinski definition) is 2. The zero-order valence-corrected chi connectivity index (χ0v) is 10.4. The molecule has 7 heteroatoms. The van der Waals surface area contributed by atoms with Crippen LogP contribution < -0.4 is 11.1 Å². The summed E-state index contributed by atoms with van der Waals surface area (Å²) in [5.41, 5.74) is 6.15. The van der Waals surface area contributed by atoms with Crippen molar-refractivity contribution in [2.45, 2.75) is 18.9 Å². The van der Waals surface area contributed by atoms with E-state index in [9.17, 15) is 14.9 Å². The van der Waals surface area contributed by atoms with Crippen LogP contribution in [0.25, 0.3) is 0 Å². The predicted molar refractivity (Wildman–Crippen MR) is 70.9 cm³/mol. The van der Waals surface area contributed by atoms with Gasteiger partial charge in [-0.25, -0.2) is 4.79 Å². The number of nitro benzene ring substituents is 1. The number of likely N-dealkylation sites (tertiary alicyclic amines) is 1. The Morgan fingerprint density at radius 2 is 2.16 bits per heavy atom. The van der Waals surface area contributed by atoms with E-state index in [1.807, 2.05) is 0 Å². The largest absolute Gasteiger partial charge is 0.328 e. The lowest BCUT2D eigenvalue weighted by Gasteiger charge is -2.23. The van der Waals surface area contributed by atoms with Crippen molar-refractivity contribution in [3.63, 3.8) is 0 Å². The highest BCUT2D eigenvalue weighted by Crippen LogP contribution is 2.19. The van der Waals surface area contributed by atoms with Gasteiger partial charge in [-0.3, -0.25) is 10.1 Å². The maximum atomic E-state index is 12.0. The van der Waals surface area contributed by atoms with E-state index in [-0.39, 0.29) is 17.8 Å². The van der Waals surface area contributed by atoms with E-state index in [1.165, 1.54) is 24.3 Å². The van der Waals surface area contributed by atoms with Gasteiger partial charge < -0.3 is 16.0 Å². The van der Waals surface area contributed by atoms with Gasteiger partial charge in [0.25, 0.3) is 5.69 Å². The molecule has 1 aliphatic rings. The standard InChI is InChI=1S/C12H16N4O3/c13-8-11-2-1-7-15(11)12(17)14-9-3-5-10(6-4-9)16(18)19/h3-6,11H,1-2,7-8,13H2,(H,14,17). The third kappa shape index (κ3) is 3.00. The van der Waals surface area contributed by atoms with Gasteiger partial charge in [0.1, 0.15) is 0 Å². The third-order valence-electron chi connectivity index (χ3n) is 3.24. The van der Waals surface area contributed by atoms with Gasteiger partial charge in [-0.1, -0.05) is 0 Å². The number of non-ortho nitro benzene ring substituents is 1. The molecule has 1 aromatic carbocycles. The van der Waals surface area contributed by atoms with E-state index in [0.29, 0.717) is 18.8 Å². The van der Waals surface area contributed by atoms with E-state index in [4.69, 9.17) is 5.73 Å². The second-order valence-corrected chi connectivity index (χ2v) is 4.46. The molecule has 1 heterocycles. The van der Waals surface area contributed by atoms with Crippen LogP contribution in [0.2, 0.25) is 0 Å². The summed E-state index contributed by atoms with van der Waals surface area (Å²) >= 11 is 0. The zero-order valence-electron chi connectivity index (χ0n) is 10.4. The first-order chi connectivity index (χ1) is 9.11. The van der Waals surface area contributed by atoms with Gasteiger partial charge in [0.05, 0.1) is 4.92 Å². The van der Waals surface area contributed by atoms with Crippen molar-refractivity contribution < 1.29 is 9.72 Å². The van der Waals surface area contributed by atoms with Crippen LogP contribution in [0.5, 0.6) is 0 Å². The first kappa shape index (κ1) is 13.3. The molecular formula is C12H16N4O3. The fourth-order valence-corrected chi connectivity index (χ4v) is 2.21. The molecule has 1 aromatic rings. The Morgan fingerprint density at radius 1 is 1.47 bits per heavy atom. The molecular weight excluding hydrogens is 248 g/mol. The Kier molecular flexibility index (Phi) is 3.96. The van der Waals surface area contributed by atoms with Gasteiger partial charge in [0, 0.05) is 37.0 Å². The number of hydrogen-bond acceptors (Lipinski definition) is 4. The normalized spacial score (nSPS) is 18.4. The molecule has 7 nitrogen and oxygen atoms in total. The van der Waals surface area contributed by atoms with Gasteiger partial charge in [-0.15, -0.1) is 0 Å². The number of benzene rings is 1. The highest BCUT2D eigenvalue weighted by Gasteiger charge is 2.27. The van der Waals surface area contributed by atoms with Gasteiger partial charge in [0.15, 0.2) is 0 Å². The second-order valence-electron chi connectivity index (χ2n) is 4.46. The minimum absolute atomic E-state index is 0.000920. The number of amides is 2. The van der Waals surface area contributed by atoms with Crippen LogP contribution in [0.3, 0.4) is 0 Å². The van der Waals surface area contributed by atoms with Crippen molar-refractivity contribution in [3.8, 4) is 0 Å². The molecule has 1 aliphatic heterocycles. The molecule has 0 aliphatic carbocycles. The third-order valence-corrected chi connectivity index (χ3v) is 3.24. The van der Waals surface area contributed by atoms with Crippen LogP contribution in [0.1, 0.15) is 12.8 Å².